The molecule has 0 saturated carbocycles. The second-order valence-electron chi connectivity index (χ2n) is 6.51. The highest BCUT2D eigenvalue weighted by molar-refractivity contribution is 5.95. The van der Waals surface area contributed by atoms with Crippen LogP contribution in [0.25, 0.3) is 0 Å². The van der Waals surface area contributed by atoms with Crippen LogP contribution in [0.4, 0.5) is 8.78 Å². The molecule has 2 saturated heterocycles. The van der Waals surface area contributed by atoms with Gasteiger partial charge in [-0.05, 0) is 6.92 Å². The summed E-state index contributed by atoms with van der Waals surface area (Å²) in [5, 5.41) is 4.17. The summed E-state index contributed by atoms with van der Waals surface area (Å²) in [5.74, 6) is -2.76. The minimum Gasteiger partial charge on any atom is -0.383 e. The fourth-order valence-corrected chi connectivity index (χ4v) is 3.51. The first kappa shape index (κ1) is 16.3. The Morgan fingerprint density at radius 2 is 2.17 bits per heavy atom. The lowest BCUT2D eigenvalue weighted by Crippen LogP contribution is -2.62. The predicted octanol–water partition coefficient (Wildman–Crippen LogP) is 0.909. The summed E-state index contributed by atoms with van der Waals surface area (Å²) < 4.78 is 34.0. The van der Waals surface area contributed by atoms with E-state index in [1.54, 1.807) is 34.6 Å². The first-order valence-corrected chi connectivity index (χ1v) is 7.73. The number of alkyl halides is 2. The van der Waals surface area contributed by atoms with E-state index in [2.05, 4.69) is 5.10 Å². The molecule has 8 heteroatoms. The van der Waals surface area contributed by atoms with Crippen LogP contribution in [0, 0.1) is 6.92 Å². The summed E-state index contributed by atoms with van der Waals surface area (Å²) in [4.78, 5) is 15.9. The lowest BCUT2D eigenvalue weighted by Gasteiger charge is -2.45. The van der Waals surface area contributed by atoms with Crippen molar-refractivity contribution in [3.63, 3.8) is 0 Å². The van der Waals surface area contributed by atoms with E-state index >= 15 is 0 Å². The fraction of sp³-hybridized carbons (Fsp3) is 0.733. The number of amides is 1. The molecule has 0 aromatic carbocycles. The van der Waals surface area contributed by atoms with Gasteiger partial charge in [-0.2, -0.15) is 5.10 Å². The molecule has 2 fully saturated rings. The first-order chi connectivity index (χ1) is 10.8. The molecule has 1 amide bonds. The molecule has 3 heterocycles. The molecular formula is C15H22F2N4O2. The van der Waals surface area contributed by atoms with Crippen molar-refractivity contribution >= 4 is 5.91 Å². The lowest BCUT2D eigenvalue weighted by molar-refractivity contribution is -0.0136. The zero-order valence-corrected chi connectivity index (χ0v) is 13.6. The molecule has 2 aliphatic heterocycles. The summed E-state index contributed by atoms with van der Waals surface area (Å²) >= 11 is 0. The number of aromatic nitrogens is 2. The Morgan fingerprint density at radius 1 is 1.48 bits per heavy atom. The van der Waals surface area contributed by atoms with Gasteiger partial charge in [-0.3, -0.25) is 14.4 Å². The molecule has 1 atom stereocenters. The average Bonchev–Trinajstić information content (AvgIpc) is 2.87. The second-order valence-corrected chi connectivity index (χ2v) is 6.51. The number of hydrogen-bond acceptors (Lipinski definition) is 4. The molecule has 1 aromatic rings. The second kappa shape index (κ2) is 5.83. The van der Waals surface area contributed by atoms with Crippen LogP contribution in [0.1, 0.15) is 22.5 Å². The minimum atomic E-state index is -2.67. The van der Waals surface area contributed by atoms with Gasteiger partial charge in [-0.15, -0.1) is 0 Å². The summed E-state index contributed by atoms with van der Waals surface area (Å²) in [6, 6.07) is -0.304. The molecule has 2 aliphatic rings. The highest BCUT2D eigenvalue weighted by Gasteiger charge is 2.50. The minimum absolute atomic E-state index is 0.0237. The van der Waals surface area contributed by atoms with Gasteiger partial charge in [-0.1, -0.05) is 0 Å². The van der Waals surface area contributed by atoms with Gasteiger partial charge in [0.05, 0.1) is 24.4 Å². The van der Waals surface area contributed by atoms with Crippen LogP contribution in [-0.4, -0.2) is 76.8 Å². The number of nitrogens with zero attached hydrogens (tertiary/aromatic N) is 4. The third-order valence-corrected chi connectivity index (χ3v) is 4.64. The lowest BCUT2D eigenvalue weighted by atomic mass is 10.0. The smallest absolute Gasteiger partial charge is 0.262 e. The van der Waals surface area contributed by atoms with E-state index in [1.165, 1.54) is 7.11 Å². The first-order valence-electron chi connectivity index (χ1n) is 7.73. The summed E-state index contributed by atoms with van der Waals surface area (Å²) in [6.45, 7) is 2.79. The van der Waals surface area contributed by atoms with Crippen molar-refractivity contribution in [3.05, 3.63) is 17.5 Å². The van der Waals surface area contributed by atoms with Crippen LogP contribution in [0.15, 0.2) is 6.20 Å². The van der Waals surface area contributed by atoms with E-state index in [0.717, 1.165) is 0 Å². The Morgan fingerprint density at radius 3 is 2.74 bits per heavy atom. The number of likely N-dealkylation sites (tertiary alicyclic amines) is 2. The zero-order chi connectivity index (χ0) is 16.8. The number of carbonyl (C=O) groups is 1. The standard InChI is InChI=1S/C15H22F2N4O2/c1-10-13(7-19(2)18-10)14(22)20-5-12(6-20)21-9-15(16,17)4-11(21)8-23-3/h7,11-12H,4-6,8-9H2,1-3H3/t11-/m0/s1. The zero-order valence-electron chi connectivity index (χ0n) is 13.6. The van der Waals surface area contributed by atoms with Crippen molar-refractivity contribution in [2.75, 3.05) is 33.4 Å². The molecule has 23 heavy (non-hydrogen) atoms. The van der Waals surface area contributed by atoms with Crippen molar-refractivity contribution < 1.29 is 18.3 Å². The van der Waals surface area contributed by atoms with E-state index in [4.69, 9.17) is 4.74 Å². The van der Waals surface area contributed by atoms with Crippen molar-refractivity contribution in [2.45, 2.75) is 31.4 Å². The average molecular weight is 328 g/mol. The van der Waals surface area contributed by atoms with Crippen LogP contribution >= 0.6 is 0 Å². The van der Waals surface area contributed by atoms with Crippen molar-refractivity contribution in [2.24, 2.45) is 7.05 Å². The maximum atomic E-state index is 13.7. The molecule has 0 aliphatic carbocycles. The Bertz CT molecular complexity index is 598. The van der Waals surface area contributed by atoms with E-state index in [-0.39, 0.29) is 31.0 Å². The largest absolute Gasteiger partial charge is 0.383 e. The molecular weight excluding hydrogens is 306 g/mol. The van der Waals surface area contributed by atoms with E-state index in [1.807, 2.05) is 0 Å². The maximum Gasteiger partial charge on any atom is 0.262 e. The molecule has 128 valence electrons. The summed E-state index contributed by atoms with van der Waals surface area (Å²) in [5.41, 5.74) is 1.26. The monoisotopic (exact) mass is 328 g/mol. The Hall–Kier alpha value is -1.54. The van der Waals surface area contributed by atoms with Gasteiger partial charge < -0.3 is 9.64 Å². The van der Waals surface area contributed by atoms with E-state index in [0.29, 0.717) is 31.0 Å². The molecule has 1 aromatic heterocycles. The number of halogens is 2. The highest BCUT2D eigenvalue weighted by Crippen LogP contribution is 2.35. The van der Waals surface area contributed by atoms with Crippen LogP contribution in [0.2, 0.25) is 0 Å². The van der Waals surface area contributed by atoms with Crippen molar-refractivity contribution in [1.82, 2.24) is 19.6 Å². The number of ether oxygens (including phenoxy) is 1. The SMILES string of the molecule is COC[C@@H]1CC(F)(F)CN1C1CN(C(=O)c2cn(C)nc2C)C1. The molecule has 0 N–H and O–H groups in total. The van der Waals surface area contributed by atoms with Gasteiger partial charge in [0.25, 0.3) is 11.8 Å². The van der Waals surface area contributed by atoms with E-state index < -0.39 is 5.92 Å². The van der Waals surface area contributed by atoms with Gasteiger partial charge in [0, 0.05) is 51.9 Å². The third-order valence-electron chi connectivity index (χ3n) is 4.64. The molecule has 0 unspecified atom stereocenters. The van der Waals surface area contributed by atoms with Gasteiger partial charge in [0.1, 0.15) is 0 Å². The number of methoxy groups -OCH3 is 1. The number of carbonyl (C=O) groups excluding carboxylic acids is 1. The Balaban J connectivity index is 1.62. The fourth-order valence-electron chi connectivity index (χ4n) is 3.51. The molecule has 3 rings (SSSR count). The normalized spacial score (nSPS) is 24.9. The molecule has 0 spiro atoms. The van der Waals surface area contributed by atoms with E-state index in [9.17, 15) is 13.6 Å². The predicted molar refractivity (Wildman–Crippen MR) is 79.6 cm³/mol. The third kappa shape index (κ3) is 3.10. The molecule has 0 bridgehead atoms. The molecule has 0 radical (unpaired) electrons. The van der Waals surface area contributed by atoms with Gasteiger partial charge in [-0.25, -0.2) is 8.78 Å². The van der Waals surface area contributed by atoms with Crippen LogP contribution in [0.3, 0.4) is 0 Å². The number of rotatable bonds is 4. The Kier molecular flexibility index (Phi) is 4.14. The van der Waals surface area contributed by atoms with Crippen molar-refractivity contribution in [1.29, 1.82) is 0 Å². The summed E-state index contributed by atoms with van der Waals surface area (Å²) in [7, 11) is 3.29. The van der Waals surface area contributed by atoms with Crippen molar-refractivity contribution in [3.8, 4) is 0 Å². The topological polar surface area (TPSA) is 50.6 Å². The number of aryl methyl sites for hydroxylation is 2. The maximum absolute atomic E-state index is 13.7. The van der Waals surface area contributed by atoms with Gasteiger partial charge >= 0.3 is 0 Å². The van der Waals surface area contributed by atoms with Crippen LogP contribution in [-0.2, 0) is 11.8 Å². The van der Waals surface area contributed by atoms with Crippen LogP contribution < -0.4 is 0 Å². The highest BCUT2D eigenvalue weighted by atomic mass is 19.3. The number of hydrogen-bond donors (Lipinski definition) is 0. The van der Waals surface area contributed by atoms with Gasteiger partial charge in [0.15, 0.2) is 0 Å². The van der Waals surface area contributed by atoms with Crippen LogP contribution in [0.5, 0.6) is 0 Å². The summed E-state index contributed by atoms with van der Waals surface area (Å²) in [6.07, 6.45) is 1.52. The quantitative estimate of drug-likeness (QED) is 0.824. The Labute approximate surface area is 134 Å². The molecule has 6 nitrogen and oxygen atoms in total. The van der Waals surface area contributed by atoms with Gasteiger partial charge in [0.2, 0.25) is 0 Å².